The van der Waals surface area contributed by atoms with E-state index in [1.165, 1.54) is 6.42 Å². The molecular weight excluding hydrogens is 264 g/mol. The summed E-state index contributed by atoms with van der Waals surface area (Å²) in [5.41, 5.74) is 1.13. The first-order valence-corrected chi connectivity index (χ1v) is 7.38. The van der Waals surface area contributed by atoms with Crippen LogP contribution in [-0.2, 0) is 6.54 Å². The first-order chi connectivity index (χ1) is 10.3. The molecule has 21 heavy (non-hydrogen) atoms. The van der Waals surface area contributed by atoms with Crippen LogP contribution in [0.1, 0.15) is 12.0 Å². The second-order valence-electron chi connectivity index (χ2n) is 5.04. The fourth-order valence-corrected chi connectivity index (χ4v) is 2.29. The van der Waals surface area contributed by atoms with Crippen molar-refractivity contribution < 1.29 is 9.47 Å². The van der Waals surface area contributed by atoms with Gasteiger partial charge in [0.25, 0.3) is 0 Å². The van der Waals surface area contributed by atoms with Crippen molar-refractivity contribution in [3.8, 4) is 11.5 Å². The molecule has 1 saturated heterocycles. The number of benzene rings is 1. The number of hydrogen-bond acceptors (Lipinski definition) is 4. The van der Waals surface area contributed by atoms with E-state index in [1.54, 1.807) is 12.2 Å². The number of ether oxygens (including phenoxy) is 2. The van der Waals surface area contributed by atoms with Gasteiger partial charge in [0.2, 0.25) is 0 Å². The SMILES string of the molecule is C=CCOc1ccc(CN[C@H]2CCNC2)c(OCC=C)c1. The standard InChI is InChI=1S/C17H24N2O2/c1-3-9-20-16-6-5-14(17(11-16)21-10-4-2)12-19-15-7-8-18-13-15/h3-6,11,15,18-19H,1-2,7-10,12-13H2/t15-/m0/s1. The van der Waals surface area contributed by atoms with Gasteiger partial charge in [0, 0.05) is 30.8 Å². The lowest BCUT2D eigenvalue weighted by Crippen LogP contribution is -2.30. The summed E-state index contributed by atoms with van der Waals surface area (Å²) < 4.78 is 11.3. The highest BCUT2D eigenvalue weighted by atomic mass is 16.5. The van der Waals surface area contributed by atoms with Crippen LogP contribution in [0.5, 0.6) is 11.5 Å². The highest BCUT2D eigenvalue weighted by molar-refractivity contribution is 5.41. The molecule has 2 rings (SSSR count). The third-order valence-electron chi connectivity index (χ3n) is 3.40. The summed E-state index contributed by atoms with van der Waals surface area (Å²) in [5.74, 6) is 1.63. The maximum atomic E-state index is 5.74. The van der Waals surface area contributed by atoms with E-state index in [1.807, 2.05) is 18.2 Å². The Morgan fingerprint density at radius 2 is 2.05 bits per heavy atom. The monoisotopic (exact) mass is 288 g/mol. The summed E-state index contributed by atoms with van der Waals surface area (Å²) in [4.78, 5) is 0. The van der Waals surface area contributed by atoms with Crippen LogP contribution in [-0.4, -0.2) is 32.3 Å². The lowest BCUT2D eigenvalue weighted by molar-refractivity contribution is 0.341. The van der Waals surface area contributed by atoms with Gasteiger partial charge in [-0.25, -0.2) is 0 Å². The smallest absolute Gasteiger partial charge is 0.127 e. The van der Waals surface area contributed by atoms with Crippen LogP contribution in [0.3, 0.4) is 0 Å². The minimum Gasteiger partial charge on any atom is -0.489 e. The molecule has 2 N–H and O–H groups in total. The second kappa shape index (κ2) is 8.49. The highest BCUT2D eigenvalue weighted by Gasteiger charge is 2.14. The Morgan fingerprint density at radius 1 is 1.24 bits per heavy atom. The average molecular weight is 288 g/mol. The van der Waals surface area contributed by atoms with E-state index in [0.717, 1.165) is 36.7 Å². The van der Waals surface area contributed by atoms with Gasteiger partial charge in [-0.05, 0) is 19.0 Å². The van der Waals surface area contributed by atoms with Gasteiger partial charge in [-0.3, -0.25) is 0 Å². The van der Waals surface area contributed by atoms with Gasteiger partial charge >= 0.3 is 0 Å². The van der Waals surface area contributed by atoms with Crippen LogP contribution < -0.4 is 20.1 Å². The Labute approximate surface area is 126 Å². The first-order valence-electron chi connectivity index (χ1n) is 7.38. The molecule has 1 aromatic rings. The molecule has 0 radical (unpaired) electrons. The van der Waals surface area contributed by atoms with Crippen molar-refractivity contribution in [1.82, 2.24) is 10.6 Å². The predicted molar refractivity (Wildman–Crippen MR) is 85.9 cm³/mol. The Kier molecular flexibility index (Phi) is 6.31. The van der Waals surface area contributed by atoms with Crippen molar-refractivity contribution in [2.75, 3.05) is 26.3 Å². The maximum absolute atomic E-state index is 5.74. The van der Waals surface area contributed by atoms with E-state index < -0.39 is 0 Å². The van der Waals surface area contributed by atoms with Crippen molar-refractivity contribution in [3.63, 3.8) is 0 Å². The van der Waals surface area contributed by atoms with Crippen molar-refractivity contribution in [1.29, 1.82) is 0 Å². The van der Waals surface area contributed by atoms with Gasteiger partial charge in [0.05, 0.1) is 0 Å². The van der Waals surface area contributed by atoms with Crippen LogP contribution >= 0.6 is 0 Å². The molecule has 0 bridgehead atoms. The predicted octanol–water partition coefficient (Wildman–Crippen LogP) is 2.27. The summed E-state index contributed by atoms with van der Waals surface area (Å²) in [7, 11) is 0. The van der Waals surface area contributed by atoms with E-state index in [0.29, 0.717) is 19.3 Å². The number of rotatable bonds is 9. The molecule has 1 aliphatic rings. The zero-order valence-electron chi connectivity index (χ0n) is 12.4. The number of nitrogens with one attached hydrogen (secondary N) is 2. The first kappa shape index (κ1) is 15.6. The lowest BCUT2D eigenvalue weighted by atomic mass is 10.1. The van der Waals surface area contributed by atoms with Gasteiger partial charge in [-0.15, -0.1) is 0 Å². The van der Waals surface area contributed by atoms with Gasteiger partial charge in [-0.1, -0.05) is 31.4 Å². The molecule has 1 aromatic carbocycles. The van der Waals surface area contributed by atoms with Crippen LogP contribution in [0.2, 0.25) is 0 Å². The summed E-state index contributed by atoms with van der Waals surface area (Å²) >= 11 is 0. The molecule has 1 atom stereocenters. The highest BCUT2D eigenvalue weighted by Crippen LogP contribution is 2.25. The molecule has 0 saturated carbocycles. The van der Waals surface area contributed by atoms with E-state index in [2.05, 4.69) is 23.8 Å². The second-order valence-corrected chi connectivity index (χ2v) is 5.04. The van der Waals surface area contributed by atoms with Crippen molar-refractivity contribution in [3.05, 3.63) is 49.1 Å². The Bertz CT molecular complexity index is 468. The lowest BCUT2D eigenvalue weighted by Gasteiger charge is -2.15. The molecule has 0 unspecified atom stereocenters. The zero-order chi connectivity index (χ0) is 14.9. The fraction of sp³-hybridized carbons (Fsp3) is 0.412. The molecule has 114 valence electrons. The fourth-order valence-electron chi connectivity index (χ4n) is 2.29. The van der Waals surface area contributed by atoms with E-state index in [-0.39, 0.29) is 0 Å². The summed E-state index contributed by atoms with van der Waals surface area (Å²) in [5, 5.41) is 6.91. The van der Waals surface area contributed by atoms with Crippen molar-refractivity contribution in [2.24, 2.45) is 0 Å². The van der Waals surface area contributed by atoms with Crippen LogP contribution in [0.4, 0.5) is 0 Å². The number of hydrogen-bond donors (Lipinski definition) is 2. The molecule has 0 aromatic heterocycles. The topological polar surface area (TPSA) is 42.5 Å². The third kappa shape index (κ3) is 4.92. The van der Waals surface area contributed by atoms with E-state index in [9.17, 15) is 0 Å². The molecule has 1 fully saturated rings. The summed E-state index contributed by atoms with van der Waals surface area (Å²) in [6.07, 6.45) is 4.64. The molecule has 0 amide bonds. The van der Waals surface area contributed by atoms with E-state index >= 15 is 0 Å². The van der Waals surface area contributed by atoms with Crippen LogP contribution in [0.25, 0.3) is 0 Å². The molecule has 0 spiro atoms. The van der Waals surface area contributed by atoms with Gasteiger partial charge in [0.15, 0.2) is 0 Å². The van der Waals surface area contributed by atoms with Gasteiger partial charge in [0.1, 0.15) is 24.7 Å². The molecular formula is C17H24N2O2. The zero-order valence-corrected chi connectivity index (χ0v) is 12.4. The summed E-state index contributed by atoms with van der Waals surface area (Å²) in [6, 6.07) is 6.48. The average Bonchev–Trinajstić information content (AvgIpc) is 3.03. The van der Waals surface area contributed by atoms with Crippen LogP contribution in [0, 0.1) is 0 Å². The molecule has 1 aliphatic heterocycles. The van der Waals surface area contributed by atoms with Crippen molar-refractivity contribution >= 4 is 0 Å². The third-order valence-corrected chi connectivity index (χ3v) is 3.40. The molecule has 1 heterocycles. The van der Waals surface area contributed by atoms with Crippen LogP contribution in [0.15, 0.2) is 43.5 Å². The Hall–Kier alpha value is -1.78. The minimum absolute atomic E-state index is 0.489. The molecule has 4 heteroatoms. The largest absolute Gasteiger partial charge is 0.489 e. The maximum Gasteiger partial charge on any atom is 0.127 e. The van der Waals surface area contributed by atoms with Gasteiger partial charge < -0.3 is 20.1 Å². The van der Waals surface area contributed by atoms with Crippen molar-refractivity contribution in [2.45, 2.75) is 19.0 Å². The molecule has 4 nitrogen and oxygen atoms in total. The van der Waals surface area contributed by atoms with E-state index in [4.69, 9.17) is 9.47 Å². The summed E-state index contributed by atoms with van der Waals surface area (Å²) in [6.45, 7) is 11.2. The Balaban J connectivity index is 2.01. The molecule has 0 aliphatic carbocycles. The minimum atomic E-state index is 0.489. The van der Waals surface area contributed by atoms with Gasteiger partial charge in [-0.2, -0.15) is 0 Å². The normalized spacial score (nSPS) is 17.4. The quantitative estimate of drug-likeness (QED) is 0.684. The Morgan fingerprint density at radius 3 is 2.76 bits per heavy atom.